The van der Waals surface area contributed by atoms with Crippen molar-refractivity contribution in [1.82, 2.24) is 0 Å². The molecule has 0 aliphatic heterocycles. The van der Waals surface area contributed by atoms with E-state index < -0.39 is 5.97 Å². The van der Waals surface area contributed by atoms with Gasteiger partial charge in [-0.2, -0.15) is 5.10 Å². The summed E-state index contributed by atoms with van der Waals surface area (Å²) in [6, 6.07) is 6.54. The molecule has 16 heavy (non-hydrogen) atoms. The second kappa shape index (κ2) is 5.92. The molecular formula is C10H11N3O2S. The summed E-state index contributed by atoms with van der Waals surface area (Å²) in [5, 5.41) is 16.6. The Kier molecular flexibility index (Phi) is 4.53. The number of aromatic carboxylic acids is 1. The van der Waals surface area contributed by atoms with Crippen molar-refractivity contribution in [3.05, 3.63) is 35.4 Å². The Morgan fingerprint density at radius 2 is 2.19 bits per heavy atom. The average molecular weight is 237 g/mol. The number of hydrogen-bond donors (Lipinski definition) is 2. The first-order valence-corrected chi connectivity index (χ1v) is 5.60. The van der Waals surface area contributed by atoms with E-state index in [0.717, 1.165) is 0 Å². The van der Waals surface area contributed by atoms with Crippen molar-refractivity contribution in [1.29, 1.82) is 0 Å². The molecular weight excluding hydrogens is 226 g/mol. The molecule has 0 saturated heterocycles. The topological polar surface area (TPSA) is 88.0 Å². The fraction of sp³-hybridized carbons (Fsp3) is 0.100. The van der Waals surface area contributed by atoms with Crippen molar-refractivity contribution in [3.63, 3.8) is 0 Å². The third-order valence-corrected chi connectivity index (χ3v) is 2.25. The Bertz CT molecular complexity index is 443. The van der Waals surface area contributed by atoms with E-state index in [-0.39, 0.29) is 5.56 Å². The number of thioether (sulfide) groups is 1. The van der Waals surface area contributed by atoms with Crippen LogP contribution < -0.4 is 5.73 Å². The van der Waals surface area contributed by atoms with Gasteiger partial charge in [0.1, 0.15) is 0 Å². The largest absolute Gasteiger partial charge is 0.478 e. The van der Waals surface area contributed by atoms with E-state index in [0.29, 0.717) is 10.7 Å². The maximum Gasteiger partial charge on any atom is 0.336 e. The molecule has 1 aromatic rings. The van der Waals surface area contributed by atoms with Gasteiger partial charge in [0.2, 0.25) is 0 Å². The number of benzene rings is 1. The molecule has 0 spiro atoms. The summed E-state index contributed by atoms with van der Waals surface area (Å²) in [6.07, 6.45) is 3.14. The zero-order chi connectivity index (χ0) is 12.0. The summed E-state index contributed by atoms with van der Waals surface area (Å²) in [5.74, 6) is -0.996. The molecule has 0 saturated carbocycles. The molecule has 1 aromatic carbocycles. The van der Waals surface area contributed by atoms with Crippen LogP contribution in [0.5, 0.6) is 0 Å². The van der Waals surface area contributed by atoms with Crippen LogP contribution in [0.2, 0.25) is 0 Å². The summed E-state index contributed by atoms with van der Waals surface area (Å²) >= 11 is 1.27. The second-order valence-electron chi connectivity index (χ2n) is 2.78. The molecule has 0 aromatic heterocycles. The average Bonchev–Trinajstić information content (AvgIpc) is 2.29. The summed E-state index contributed by atoms with van der Waals surface area (Å²) in [5.41, 5.74) is 6.10. The lowest BCUT2D eigenvalue weighted by Gasteiger charge is -1.98. The van der Waals surface area contributed by atoms with Crippen molar-refractivity contribution in [2.75, 3.05) is 6.26 Å². The minimum Gasteiger partial charge on any atom is -0.478 e. The lowest BCUT2D eigenvalue weighted by Crippen LogP contribution is -2.04. The third-order valence-electron chi connectivity index (χ3n) is 1.75. The quantitative estimate of drug-likeness (QED) is 0.472. The summed E-state index contributed by atoms with van der Waals surface area (Å²) in [7, 11) is 0. The van der Waals surface area contributed by atoms with Gasteiger partial charge in [-0.05, 0) is 12.3 Å². The van der Waals surface area contributed by atoms with Crippen LogP contribution >= 0.6 is 11.8 Å². The van der Waals surface area contributed by atoms with Crippen molar-refractivity contribution >= 4 is 29.1 Å². The zero-order valence-electron chi connectivity index (χ0n) is 8.62. The number of nitrogens with two attached hydrogens (primary N) is 1. The van der Waals surface area contributed by atoms with Gasteiger partial charge in [-0.15, -0.1) is 5.10 Å². The van der Waals surface area contributed by atoms with E-state index >= 15 is 0 Å². The van der Waals surface area contributed by atoms with Crippen LogP contribution in [0.3, 0.4) is 0 Å². The molecule has 5 nitrogen and oxygen atoms in total. The molecule has 0 amide bonds. The normalized spacial score (nSPS) is 11.9. The lowest BCUT2D eigenvalue weighted by molar-refractivity contribution is 0.0697. The van der Waals surface area contributed by atoms with Crippen LogP contribution in [0, 0.1) is 0 Å². The second-order valence-corrected chi connectivity index (χ2v) is 3.61. The highest BCUT2D eigenvalue weighted by Crippen LogP contribution is 2.06. The molecule has 0 atom stereocenters. The van der Waals surface area contributed by atoms with Gasteiger partial charge in [-0.1, -0.05) is 30.0 Å². The first kappa shape index (κ1) is 12.3. The number of rotatable bonds is 3. The molecule has 3 N–H and O–H groups in total. The maximum absolute atomic E-state index is 10.8. The Labute approximate surface area is 97.1 Å². The lowest BCUT2D eigenvalue weighted by atomic mass is 10.1. The fourth-order valence-electron chi connectivity index (χ4n) is 0.993. The molecule has 0 radical (unpaired) electrons. The third kappa shape index (κ3) is 3.39. The molecule has 84 valence electrons. The number of carboxylic acids is 1. The first-order valence-electron chi connectivity index (χ1n) is 4.38. The van der Waals surface area contributed by atoms with Crippen LogP contribution in [0.1, 0.15) is 15.9 Å². The van der Waals surface area contributed by atoms with Gasteiger partial charge in [-0.25, -0.2) is 4.79 Å². The SMILES string of the molecule is CS/C(N)=N/N=C\c1ccccc1C(=O)O. The Hall–Kier alpha value is -1.82. The highest BCUT2D eigenvalue weighted by Gasteiger charge is 2.06. The van der Waals surface area contributed by atoms with Gasteiger partial charge < -0.3 is 10.8 Å². The highest BCUT2D eigenvalue weighted by molar-refractivity contribution is 8.13. The fourth-order valence-corrected chi connectivity index (χ4v) is 1.12. The van der Waals surface area contributed by atoms with E-state index in [2.05, 4.69) is 10.2 Å². The molecule has 0 heterocycles. The van der Waals surface area contributed by atoms with Crippen LogP contribution in [0.25, 0.3) is 0 Å². The van der Waals surface area contributed by atoms with Crippen molar-refractivity contribution < 1.29 is 9.90 Å². The predicted molar refractivity (Wildman–Crippen MR) is 66.1 cm³/mol. The maximum atomic E-state index is 10.8. The molecule has 0 bridgehead atoms. The van der Waals surface area contributed by atoms with E-state index in [9.17, 15) is 4.79 Å². The minimum absolute atomic E-state index is 0.184. The number of amidine groups is 1. The molecule has 0 unspecified atom stereocenters. The van der Waals surface area contributed by atoms with Crippen molar-refractivity contribution in [2.24, 2.45) is 15.9 Å². The van der Waals surface area contributed by atoms with Gasteiger partial charge in [0.25, 0.3) is 0 Å². The van der Waals surface area contributed by atoms with Crippen LogP contribution in [0.4, 0.5) is 0 Å². The molecule has 1 rings (SSSR count). The van der Waals surface area contributed by atoms with Gasteiger partial charge >= 0.3 is 5.97 Å². The minimum atomic E-state index is -0.996. The number of nitrogens with zero attached hydrogens (tertiary/aromatic N) is 2. The van der Waals surface area contributed by atoms with E-state index in [4.69, 9.17) is 10.8 Å². The van der Waals surface area contributed by atoms with Gasteiger partial charge in [0.15, 0.2) is 5.17 Å². The van der Waals surface area contributed by atoms with Crippen molar-refractivity contribution in [2.45, 2.75) is 0 Å². The van der Waals surface area contributed by atoms with E-state index in [1.807, 2.05) is 0 Å². The van der Waals surface area contributed by atoms with Gasteiger partial charge in [0.05, 0.1) is 11.8 Å². The number of carbonyl (C=O) groups is 1. The van der Waals surface area contributed by atoms with E-state index in [1.54, 1.807) is 24.5 Å². The summed E-state index contributed by atoms with van der Waals surface area (Å²) in [4.78, 5) is 10.8. The smallest absolute Gasteiger partial charge is 0.336 e. The number of carboxylic acid groups (broad SMARTS) is 1. The molecule has 6 heteroatoms. The monoisotopic (exact) mass is 237 g/mol. The number of hydrogen-bond acceptors (Lipinski definition) is 4. The summed E-state index contributed by atoms with van der Waals surface area (Å²) in [6.45, 7) is 0. The van der Waals surface area contributed by atoms with Gasteiger partial charge in [-0.3, -0.25) is 0 Å². The molecule has 0 fully saturated rings. The van der Waals surface area contributed by atoms with Gasteiger partial charge in [0, 0.05) is 5.56 Å². The van der Waals surface area contributed by atoms with Crippen LogP contribution in [-0.4, -0.2) is 28.7 Å². The Balaban J connectivity index is 2.93. The molecule has 0 aliphatic rings. The first-order chi connectivity index (χ1) is 7.65. The summed E-state index contributed by atoms with van der Waals surface area (Å²) < 4.78 is 0. The van der Waals surface area contributed by atoms with Crippen LogP contribution in [-0.2, 0) is 0 Å². The Morgan fingerprint density at radius 3 is 2.81 bits per heavy atom. The predicted octanol–water partition coefficient (Wildman–Crippen LogP) is 1.40. The van der Waals surface area contributed by atoms with Crippen LogP contribution in [0.15, 0.2) is 34.5 Å². The van der Waals surface area contributed by atoms with E-state index in [1.165, 1.54) is 24.0 Å². The highest BCUT2D eigenvalue weighted by atomic mass is 32.2. The standard InChI is InChI=1S/C10H11N3O2S/c1-16-10(11)13-12-6-7-4-2-3-5-8(7)9(14)15/h2-6H,1H3,(H2,11,13)(H,14,15)/b12-6-. The molecule has 0 aliphatic carbocycles. The Morgan fingerprint density at radius 1 is 1.50 bits per heavy atom. The zero-order valence-corrected chi connectivity index (χ0v) is 9.44. The van der Waals surface area contributed by atoms with Crippen molar-refractivity contribution in [3.8, 4) is 0 Å².